The number of aromatic nitrogens is 2. The van der Waals surface area contributed by atoms with E-state index in [-0.39, 0.29) is 17.6 Å². The highest BCUT2D eigenvalue weighted by molar-refractivity contribution is 6.00. The van der Waals surface area contributed by atoms with Crippen molar-refractivity contribution >= 4 is 16.8 Å². The van der Waals surface area contributed by atoms with Crippen molar-refractivity contribution in [2.24, 2.45) is 7.05 Å². The second-order valence-corrected chi connectivity index (χ2v) is 8.20. The zero-order valence-electron chi connectivity index (χ0n) is 18.3. The number of para-hydroxylation sites is 1. The lowest BCUT2D eigenvalue weighted by molar-refractivity contribution is 0.0858. The molecule has 33 heavy (non-hydrogen) atoms. The molecular formula is C26H25N3O4. The number of hydrogen-bond acceptors (Lipinski definition) is 4. The van der Waals surface area contributed by atoms with Crippen molar-refractivity contribution in [2.75, 3.05) is 13.2 Å². The Morgan fingerprint density at radius 2 is 2.03 bits per heavy atom. The van der Waals surface area contributed by atoms with E-state index in [0.717, 1.165) is 36.0 Å². The molecule has 2 aromatic carbocycles. The number of fused-ring (bicyclic) bond motifs is 1. The summed E-state index contributed by atoms with van der Waals surface area (Å²) in [4.78, 5) is 28.5. The lowest BCUT2D eigenvalue weighted by Gasteiger charge is -2.16. The quantitative estimate of drug-likeness (QED) is 0.467. The van der Waals surface area contributed by atoms with Gasteiger partial charge in [0.1, 0.15) is 17.0 Å². The molecule has 2 aromatic heterocycles. The van der Waals surface area contributed by atoms with Gasteiger partial charge in [0.15, 0.2) is 0 Å². The molecular weight excluding hydrogens is 418 g/mol. The molecule has 0 saturated carbocycles. The lowest BCUT2D eigenvalue weighted by atomic mass is 10.00. The predicted octanol–water partition coefficient (Wildman–Crippen LogP) is 4.23. The number of nitrogens with zero attached hydrogens (tertiary/aromatic N) is 1. The van der Waals surface area contributed by atoms with E-state index < -0.39 is 0 Å². The Hall–Kier alpha value is -3.84. The van der Waals surface area contributed by atoms with Gasteiger partial charge in [0, 0.05) is 54.7 Å². The Morgan fingerprint density at radius 1 is 1.18 bits per heavy atom. The number of rotatable bonds is 6. The van der Waals surface area contributed by atoms with Crippen molar-refractivity contribution in [3.8, 4) is 22.6 Å². The van der Waals surface area contributed by atoms with Crippen LogP contribution in [0.3, 0.4) is 0 Å². The molecule has 4 aromatic rings. The number of nitrogens with one attached hydrogen (secondary N) is 2. The number of carbonyl (C=O) groups is 1. The van der Waals surface area contributed by atoms with E-state index in [1.807, 2.05) is 42.5 Å². The normalized spacial score (nSPS) is 15.6. The average molecular weight is 444 g/mol. The summed E-state index contributed by atoms with van der Waals surface area (Å²) in [6, 6.07) is 16.7. The molecule has 0 aliphatic carbocycles. The van der Waals surface area contributed by atoms with Crippen molar-refractivity contribution in [3.63, 3.8) is 0 Å². The molecule has 1 unspecified atom stereocenters. The fraction of sp³-hybridized carbons (Fsp3) is 0.231. The van der Waals surface area contributed by atoms with E-state index >= 15 is 0 Å². The van der Waals surface area contributed by atoms with Gasteiger partial charge < -0.3 is 24.3 Å². The Labute approximate surface area is 191 Å². The van der Waals surface area contributed by atoms with Crippen LogP contribution in [0, 0.1) is 0 Å². The Balaban J connectivity index is 1.56. The van der Waals surface area contributed by atoms with Gasteiger partial charge in [0.2, 0.25) is 0 Å². The number of aromatic amines is 1. The number of hydrogen-bond donors (Lipinski definition) is 2. The van der Waals surface area contributed by atoms with E-state index in [0.29, 0.717) is 29.1 Å². The fourth-order valence-corrected chi connectivity index (χ4v) is 4.18. The van der Waals surface area contributed by atoms with E-state index in [1.165, 1.54) is 4.57 Å². The first kappa shape index (κ1) is 21.0. The first-order chi connectivity index (χ1) is 16.1. The van der Waals surface area contributed by atoms with Crippen molar-refractivity contribution in [3.05, 3.63) is 82.9 Å². The molecule has 7 nitrogen and oxygen atoms in total. The summed E-state index contributed by atoms with van der Waals surface area (Å²) in [5.41, 5.74) is 2.43. The van der Waals surface area contributed by atoms with Crippen LogP contribution in [0.15, 0.2) is 71.8 Å². The van der Waals surface area contributed by atoms with Gasteiger partial charge >= 0.3 is 0 Å². The van der Waals surface area contributed by atoms with Crippen LogP contribution in [0.4, 0.5) is 0 Å². The number of H-pyrrole nitrogens is 1. The van der Waals surface area contributed by atoms with Crippen molar-refractivity contribution < 1.29 is 14.3 Å². The highest BCUT2D eigenvalue weighted by Crippen LogP contribution is 2.37. The van der Waals surface area contributed by atoms with Crippen molar-refractivity contribution in [1.29, 1.82) is 0 Å². The minimum Gasteiger partial charge on any atom is -0.457 e. The van der Waals surface area contributed by atoms with Crippen LogP contribution in [-0.2, 0) is 11.8 Å². The minimum atomic E-state index is -0.173. The molecule has 1 fully saturated rings. The Morgan fingerprint density at radius 3 is 2.82 bits per heavy atom. The Kier molecular flexibility index (Phi) is 5.71. The topological polar surface area (TPSA) is 85.3 Å². The molecule has 0 radical (unpaired) electrons. The molecule has 3 heterocycles. The van der Waals surface area contributed by atoms with Gasteiger partial charge in [-0.25, -0.2) is 0 Å². The van der Waals surface area contributed by atoms with Gasteiger partial charge in [-0.15, -0.1) is 0 Å². The van der Waals surface area contributed by atoms with Crippen LogP contribution < -0.4 is 15.6 Å². The standard InChI is InChI=1S/C26H25N3O4/c1-29-16-22(20-11-12-27-24(20)26(29)31)21-14-17(25(30)28-15-19-8-5-13-32-19)9-10-23(21)33-18-6-3-2-4-7-18/h2-4,6-7,9-12,14,16,19,27H,5,8,13,15H2,1H3,(H,28,30). The van der Waals surface area contributed by atoms with E-state index in [2.05, 4.69) is 10.3 Å². The number of benzene rings is 2. The highest BCUT2D eigenvalue weighted by Gasteiger charge is 2.19. The summed E-state index contributed by atoms with van der Waals surface area (Å²) in [7, 11) is 1.71. The van der Waals surface area contributed by atoms with Crippen molar-refractivity contribution in [2.45, 2.75) is 18.9 Å². The second-order valence-electron chi connectivity index (χ2n) is 8.20. The molecule has 7 heteroatoms. The molecule has 5 rings (SSSR count). The summed E-state index contributed by atoms with van der Waals surface area (Å²) in [6.07, 6.45) is 5.57. The largest absolute Gasteiger partial charge is 0.457 e. The Bertz CT molecular complexity index is 1350. The maximum atomic E-state index is 12.9. The molecule has 2 N–H and O–H groups in total. The summed E-state index contributed by atoms with van der Waals surface area (Å²) >= 11 is 0. The molecule has 1 aliphatic heterocycles. The molecule has 1 atom stereocenters. The number of carbonyl (C=O) groups excluding carboxylic acids is 1. The summed E-state index contributed by atoms with van der Waals surface area (Å²) < 4.78 is 13.3. The molecule has 1 aliphatic rings. The van der Waals surface area contributed by atoms with Crippen LogP contribution in [0.1, 0.15) is 23.2 Å². The lowest BCUT2D eigenvalue weighted by Crippen LogP contribution is -2.31. The van der Waals surface area contributed by atoms with E-state index in [1.54, 1.807) is 31.6 Å². The molecule has 168 valence electrons. The third-order valence-electron chi connectivity index (χ3n) is 5.91. The smallest absolute Gasteiger partial charge is 0.274 e. The zero-order valence-corrected chi connectivity index (χ0v) is 18.3. The van der Waals surface area contributed by atoms with Gasteiger partial charge in [-0.3, -0.25) is 9.59 Å². The van der Waals surface area contributed by atoms with Crippen LogP contribution >= 0.6 is 0 Å². The first-order valence-corrected chi connectivity index (χ1v) is 11.0. The summed E-state index contributed by atoms with van der Waals surface area (Å²) in [5.74, 6) is 1.11. The van der Waals surface area contributed by atoms with Gasteiger partial charge in [0.05, 0.1) is 6.10 Å². The number of aryl methyl sites for hydroxylation is 1. The summed E-state index contributed by atoms with van der Waals surface area (Å²) in [6.45, 7) is 1.23. The van der Waals surface area contributed by atoms with Gasteiger partial charge in [-0.1, -0.05) is 18.2 Å². The highest BCUT2D eigenvalue weighted by atomic mass is 16.5. The monoisotopic (exact) mass is 443 g/mol. The van der Waals surface area contributed by atoms with Gasteiger partial charge in [0.25, 0.3) is 11.5 Å². The van der Waals surface area contributed by atoms with Gasteiger partial charge in [-0.2, -0.15) is 0 Å². The molecule has 0 bridgehead atoms. The predicted molar refractivity (Wildman–Crippen MR) is 127 cm³/mol. The van der Waals surface area contributed by atoms with Crippen LogP contribution in [0.5, 0.6) is 11.5 Å². The fourth-order valence-electron chi connectivity index (χ4n) is 4.18. The SMILES string of the molecule is Cn1cc(-c2cc(C(=O)NCC3CCCO3)ccc2Oc2ccccc2)c2cc[nH]c2c1=O. The molecule has 1 amide bonds. The van der Waals surface area contributed by atoms with Crippen LogP contribution in [0.2, 0.25) is 0 Å². The zero-order chi connectivity index (χ0) is 22.8. The minimum absolute atomic E-state index is 0.0669. The number of ether oxygens (including phenoxy) is 2. The first-order valence-electron chi connectivity index (χ1n) is 11.0. The number of amides is 1. The van der Waals surface area contributed by atoms with Gasteiger partial charge in [-0.05, 0) is 49.2 Å². The molecule has 1 saturated heterocycles. The third-order valence-corrected chi connectivity index (χ3v) is 5.91. The average Bonchev–Trinajstić information content (AvgIpc) is 3.53. The van der Waals surface area contributed by atoms with Crippen molar-refractivity contribution in [1.82, 2.24) is 14.9 Å². The summed E-state index contributed by atoms with van der Waals surface area (Å²) in [5, 5.41) is 3.75. The number of pyridine rings is 1. The van der Waals surface area contributed by atoms with E-state index in [9.17, 15) is 9.59 Å². The maximum Gasteiger partial charge on any atom is 0.274 e. The van der Waals surface area contributed by atoms with Crippen LogP contribution in [-0.4, -0.2) is 34.7 Å². The third kappa shape index (κ3) is 4.27. The molecule has 0 spiro atoms. The van der Waals surface area contributed by atoms with E-state index in [4.69, 9.17) is 9.47 Å². The second kappa shape index (κ2) is 8.96. The maximum absolute atomic E-state index is 12.9. The van der Waals surface area contributed by atoms with Crippen LogP contribution in [0.25, 0.3) is 22.0 Å².